The summed E-state index contributed by atoms with van der Waals surface area (Å²) >= 11 is 12.5. The van der Waals surface area contributed by atoms with E-state index in [0.29, 0.717) is 0 Å². The van der Waals surface area contributed by atoms with Gasteiger partial charge in [-0.05, 0) is 63.7 Å². The Labute approximate surface area is 77.4 Å². The minimum Gasteiger partial charge on any atom is -0.197 e. The van der Waals surface area contributed by atoms with Gasteiger partial charge in [-0.2, -0.15) is 13.5 Å². The lowest BCUT2D eigenvalue weighted by Gasteiger charge is -1.93. The van der Waals surface area contributed by atoms with Crippen molar-refractivity contribution in [3.8, 4) is 0 Å². The van der Waals surface area contributed by atoms with Crippen LogP contribution in [0.2, 0.25) is 0 Å². The van der Waals surface area contributed by atoms with E-state index in [9.17, 15) is 0 Å². The third-order valence-corrected chi connectivity index (χ3v) is 0. The maximum atomic E-state index is 3.12. The normalized spacial score (nSPS) is 10.0. The van der Waals surface area contributed by atoms with Gasteiger partial charge in [-0.3, -0.25) is 0 Å². The predicted octanol–water partition coefficient (Wildman–Crippen LogP) is 3.29. The summed E-state index contributed by atoms with van der Waals surface area (Å²) in [6.45, 7) is 0. The lowest BCUT2D eigenvalue weighted by molar-refractivity contribution is 2.14. The molecule has 0 bridgehead atoms. The Morgan fingerprint density at radius 2 is 0.833 bits per heavy atom. The first kappa shape index (κ1) is 11.1. The summed E-state index contributed by atoms with van der Waals surface area (Å²) in [6.07, 6.45) is 0. The highest BCUT2D eigenvalue weighted by molar-refractivity contribution is 9.52. The number of alkyl halides is 4. The largest absolute Gasteiger partial charge is 0.197 e. The van der Waals surface area contributed by atoms with Gasteiger partial charge in [0.15, 0.2) is 1.05 Å². The van der Waals surface area contributed by atoms with Crippen molar-refractivity contribution in [1.29, 1.82) is 0 Å². The molecule has 0 aliphatic heterocycles. The molecule has 0 aromatic rings. The molecule has 0 saturated carbocycles. The number of hydrogen-bond donors (Lipinski definition) is 0. The van der Waals surface area contributed by atoms with Crippen molar-refractivity contribution in [2.75, 3.05) is 0 Å². The van der Waals surface area contributed by atoms with Crippen LogP contribution in [0.25, 0.3) is 0 Å². The van der Waals surface area contributed by atoms with E-state index in [-0.39, 0.29) is 14.5 Å². The third kappa shape index (κ3) is 33.8. The van der Waals surface area contributed by atoms with Gasteiger partial charge >= 0.3 is 0 Å². The lowest BCUT2D eigenvalue weighted by Crippen LogP contribution is -1.75. The van der Waals surface area contributed by atoms with Crippen molar-refractivity contribution in [2.24, 2.45) is 0 Å². The number of halogens is 4. The van der Waals surface area contributed by atoms with Gasteiger partial charge < -0.3 is 0 Å². The third-order valence-electron chi connectivity index (χ3n) is 0. The molecule has 0 aromatic carbocycles. The van der Waals surface area contributed by atoms with Gasteiger partial charge in [0.2, 0.25) is 0 Å². The average molecular weight is 366 g/mol. The SMILES string of the molecule is BrC(Br)(Br)Br.S. The Morgan fingerprint density at radius 1 is 0.833 bits per heavy atom. The fourth-order valence-electron chi connectivity index (χ4n) is 0. The summed E-state index contributed by atoms with van der Waals surface area (Å²) in [5, 5.41) is 0. The van der Waals surface area contributed by atoms with Gasteiger partial charge in [-0.1, -0.05) is 0 Å². The van der Waals surface area contributed by atoms with Gasteiger partial charge in [-0.15, -0.1) is 0 Å². The molecule has 0 N–H and O–H groups in total. The second-order valence-electron chi connectivity index (χ2n) is 0.429. The van der Waals surface area contributed by atoms with E-state index in [1.54, 1.807) is 0 Å². The predicted molar refractivity (Wildman–Crippen MR) is 48.8 cm³/mol. The Bertz CT molecular complexity index is 23.0. The van der Waals surface area contributed by atoms with E-state index in [2.05, 4.69) is 63.7 Å². The van der Waals surface area contributed by atoms with E-state index in [4.69, 9.17) is 0 Å². The summed E-state index contributed by atoms with van der Waals surface area (Å²) in [5.74, 6) is 0. The van der Waals surface area contributed by atoms with Gasteiger partial charge in [-0.25, -0.2) is 0 Å². The molecule has 0 aromatic heterocycles. The van der Waals surface area contributed by atoms with Gasteiger partial charge in [0.1, 0.15) is 0 Å². The molecule has 0 saturated heterocycles. The van der Waals surface area contributed by atoms with Crippen LogP contribution in [0, 0.1) is 0 Å². The topological polar surface area (TPSA) is 0 Å². The van der Waals surface area contributed by atoms with Crippen LogP contribution in [0.1, 0.15) is 0 Å². The van der Waals surface area contributed by atoms with Crippen molar-refractivity contribution in [2.45, 2.75) is 1.05 Å². The fourth-order valence-corrected chi connectivity index (χ4v) is 0. The fraction of sp³-hybridized carbons (Fsp3) is 1.00. The van der Waals surface area contributed by atoms with Crippen molar-refractivity contribution >= 4 is 77.2 Å². The van der Waals surface area contributed by atoms with Crippen LogP contribution in [-0.2, 0) is 0 Å². The molecule has 0 aliphatic carbocycles. The van der Waals surface area contributed by atoms with E-state index in [0.717, 1.165) is 0 Å². The van der Waals surface area contributed by atoms with Crippen molar-refractivity contribution < 1.29 is 0 Å². The van der Waals surface area contributed by atoms with Gasteiger partial charge in [0.05, 0.1) is 0 Å². The van der Waals surface area contributed by atoms with Crippen LogP contribution in [-0.4, -0.2) is 1.05 Å². The number of hydrogen-bond acceptors (Lipinski definition) is 0. The van der Waals surface area contributed by atoms with Crippen LogP contribution < -0.4 is 0 Å². The van der Waals surface area contributed by atoms with Crippen molar-refractivity contribution in [1.82, 2.24) is 0 Å². The monoisotopic (exact) mass is 362 g/mol. The van der Waals surface area contributed by atoms with Crippen LogP contribution >= 0.6 is 77.2 Å². The molecule has 0 fully saturated rings. The zero-order valence-corrected chi connectivity index (χ0v) is 9.86. The van der Waals surface area contributed by atoms with E-state index in [1.165, 1.54) is 0 Å². The Morgan fingerprint density at radius 3 is 0.833 bits per heavy atom. The minimum absolute atomic E-state index is 0. The highest BCUT2D eigenvalue weighted by atomic mass is 80.0. The summed E-state index contributed by atoms with van der Waals surface area (Å²) < 4.78 is -0.250. The molecule has 0 atom stereocenters. The molecule has 0 rings (SSSR count). The molecular weight excluding hydrogens is 364 g/mol. The first-order valence-corrected chi connectivity index (χ1v) is 3.93. The molecule has 0 heterocycles. The second-order valence-corrected chi connectivity index (χ2v) is 11.6. The van der Waals surface area contributed by atoms with Crippen LogP contribution in [0.15, 0.2) is 0 Å². The molecule has 0 aliphatic rings. The molecular formula is CH2Br4S. The molecule has 40 valence electrons. The number of rotatable bonds is 0. The molecule has 0 radical (unpaired) electrons. The second kappa shape index (κ2) is 4.18. The molecule has 0 amide bonds. The summed E-state index contributed by atoms with van der Waals surface area (Å²) in [6, 6.07) is 0. The highest BCUT2D eigenvalue weighted by Crippen LogP contribution is 2.39. The average Bonchev–Trinajstić information content (AvgIpc) is 0.722. The highest BCUT2D eigenvalue weighted by Gasteiger charge is 2.08. The Hall–Kier alpha value is 2.27. The molecule has 6 heavy (non-hydrogen) atoms. The minimum atomic E-state index is -0.250. The van der Waals surface area contributed by atoms with E-state index >= 15 is 0 Å². The molecule has 0 unspecified atom stereocenters. The summed E-state index contributed by atoms with van der Waals surface area (Å²) in [5.41, 5.74) is 0. The maximum absolute atomic E-state index is 3.12. The summed E-state index contributed by atoms with van der Waals surface area (Å²) in [4.78, 5) is 0. The maximum Gasteiger partial charge on any atom is 0.189 e. The van der Waals surface area contributed by atoms with Gasteiger partial charge in [0.25, 0.3) is 0 Å². The van der Waals surface area contributed by atoms with E-state index < -0.39 is 0 Å². The lowest BCUT2D eigenvalue weighted by atomic mass is 12.0. The zero-order valence-electron chi connectivity index (χ0n) is 2.51. The first-order valence-electron chi connectivity index (χ1n) is 0.756. The van der Waals surface area contributed by atoms with Crippen LogP contribution in [0.4, 0.5) is 0 Å². The summed E-state index contributed by atoms with van der Waals surface area (Å²) in [7, 11) is 0. The van der Waals surface area contributed by atoms with Crippen molar-refractivity contribution in [3.05, 3.63) is 0 Å². The molecule has 5 heteroatoms. The van der Waals surface area contributed by atoms with E-state index in [1.807, 2.05) is 0 Å². The smallest absolute Gasteiger partial charge is 0.189 e. The standard InChI is InChI=1S/CBr4.H2S/c2-1(3,4)5;/h;1H2. The molecule has 0 spiro atoms. The van der Waals surface area contributed by atoms with Crippen LogP contribution in [0.3, 0.4) is 0 Å². The van der Waals surface area contributed by atoms with Crippen LogP contribution in [0.5, 0.6) is 0 Å². The van der Waals surface area contributed by atoms with Gasteiger partial charge in [0, 0.05) is 0 Å². The Balaban J connectivity index is 0. The Kier molecular flexibility index (Phi) is 7.74. The van der Waals surface area contributed by atoms with Crippen molar-refractivity contribution in [3.63, 3.8) is 0 Å². The quantitative estimate of drug-likeness (QED) is 0.578. The first-order chi connectivity index (χ1) is 2.00. The molecule has 0 nitrogen and oxygen atoms in total. The zero-order chi connectivity index (χ0) is 4.50.